The third kappa shape index (κ3) is 3.31. The van der Waals surface area contributed by atoms with Crippen LogP contribution in [0.2, 0.25) is 0 Å². The van der Waals surface area contributed by atoms with E-state index in [-0.39, 0.29) is 18.9 Å². The molecule has 1 aliphatic carbocycles. The van der Waals surface area contributed by atoms with Crippen LogP contribution in [0.5, 0.6) is 0 Å². The van der Waals surface area contributed by atoms with E-state index < -0.39 is 0 Å². The van der Waals surface area contributed by atoms with Crippen molar-refractivity contribution in [3.05, 3.63) is 54.1 Å². The molecule has 26 heavy (non-hydrogen) atoms. The van der Waals surface area contributed by atoms with Gasteiger partial charge in [-0.1, -0.05) is 37.7 Å². The number of amides is 1. The topological polar surface area (TPSA) is 93.3 Å². The highest BCUT2D eigenvalue weighted by molar-refractivity contribution is 8.13. The van der Waals surface area contributed by atoms with E-state index in [0.29, 0.717) is 16.8 Å². The van der Waals surface area contributed by atoms with Crippen molar-refractivity contribution in [3.8, 4) is 0 Å². The van der Waals surface area contributed by atoms with Gasteiger partial charge >= 0.3 is 0 Å². The first-order valence-corrected chi connectivity index (χ1v) is 9.32. The minimum absolute atomic E-state index is 0. The van der Waals surface area contributed by atoms with Crippen molar-refractivity contribution < 1.29 is 4.79 Å². The van der Waals surface area contributed by atoms with Crippen molar-refractivity contribution >= 4 is 28.5 Å². The number of rotatable bonds is 3. The average molecular weight is 369 g/mol. The third-order valence-electron chi connectivity index (χ3n) is 4.94. The lowest BCUT2D eigenvalue weighted by molar-refractivity contribution is 0.102. The zero-order valence-electron chi connectivity index (χ0n) is 13.7. The standard InChI is InChI=1S/C18H19N5OS.CH4/c19-17-23-18(6-2-4-13(18)11-25-17)12-3-1-5-14(9-12)22-16(24)15-10-20-7-8-21-15;/h1,3,5,7-10,13H,2,4,6,11H2,(H2,19,23)(H,22,24);1H4/t13-,18+;/m0./s1. The minimum Gasteiger partial charge on any atom is -0.379 e. The van der Waals surface area contributed by atoms with Crippen LogP contribution in [-0.4, -0.2) is 26.8 Å². The number of hydrogen-bond acceptors (Lipinski definition) is 6. The van der Waals surface area contributed by atoms with Crippen molar-refractivity contribution in [3.63, 3.8) is 0 Å². The number of anilines is 1. The summed E-state index contributed by atoms with van der Waals surface area (Å²) in [7, 11) is 0. The number of amidine groups is 1. The number of nitrogens with one attached hydrogen (secondary N) is 1. The SMILES string of the molecule is C.NC1=N[C@@]2(c3cccc(NC(=O)c4cnccn4)c3)CCC[C@H]2CS1. The van der Waals surface area contributed by atoms with Gasteiger partial charge < -0.3 is 11.1 Å². The largest absolute Gasteiger partial charge is 0.379 e. The second kappa shape index (κ2) is 7.45. The van der Waals surface area contributed by atoms with Gasteiger partial charge in [0, 0.05) is 23.8 Å². The van der Waals surface area contributed by atoms with Gasteiger partial charge in [-0.2, -0.15) is 0 Å². The van der Waals surface area contributed by atoms with Gasteiger partial charge in [0.1, 0.15) is 5.69 Å². The minimum atomic E-state index is -0.270. The highest BCUT2D eigenvalue weighted by Crippen LogP contribution is 2.50. The van der Waals surface area contributed by atoms with Gasteiger partial charge in [0.05, 0.1) is 11.7 Å². The van der Waals surface area contributed by atoms with E-state index in [2.05, 4.69) is 21.4 Å². The van der Waals surface area contributed by atoms with Crippen LogP contribution in [0.25, 0.3) is 0 Å². The Morgan fingerprint density at radius 1 is 1.35 bits per heavy atom. The van der Waals surface area contributed by atoms with Crippen LogP contribution in [0.1, 0.15) is 42.7 Å². The molecule has 2 aliphatic rings. The monoisotopic (exact) mass is 369 g/mol. The zero-order chi connectivity index (χ0) is 17.3. The fourth-order valence-electron chi connectivity index (χ4n) is 3.77. The Labute approximate surface area is 157 Å². The number of hydrogen-bond donors (Lipinski definition) is 2. The third-order valence-corrected chi connectivity index (χ3v) is 5.90. The Kier molecular flexibility index (Phi) is 5.27. The quantitative estimate of drug-likeness (QED) is 0.865. The molecule has 1 aromatic heterocycles. The smallest absolute Gasteiger partial charge is 0.275 e. The molecule has 1 fully saturated rings. The lowest BCUT2D eigenvalue weighted by Crippen LogP contribution is -2.36. The van der Waals surface area contributed by atoms with Gasteiger partial charge in [-0.25, -0.2) is 4.98 Å². The van der Waals surface area contributed by atoms with Gasteiger partial charge in [0.25, 0.3) is 5.91 Å². The van der Waals surface area contributed by atoms with Gasteiger partial charge in [-0.15, -0.1) is 0 Å². The van der Waals surface area contributed by atoms with Crippen molar-refractivity contribution in [2.75, 3.05) is 11.1 Å². The van der Waals surface area contributed by atoms with E-state index in [1.165, 1.54) is 18.8 Å². The highest BCUT2D eigenvalue weighted by Gasteiger charge is 2.46. The van der Waals surface area contributed by atoms with E-state index in [0.717, 1.165) is 29.8 Å². The highest BCUT2D eigenvalue weighted by atomic mass is 32.2. The number of carbonyl (C=O) groups excluding carboxylic acids is 1. The predicted molar refractivity (Wildman–Crippen MR) is 106 cm³/mol. The molecule has 6 nitrogen and oxygen atoms in total. The van der Waals surface area contributed by atoms with E-state index in [1.54, 1.807) is 18.0 Å². The fraction of sp³-hybridized carbons (Fsp3) is 0.368. The normalized spacial score (nSPS) is 24.2. The molecule has 2 atom stereocenters. The van der Waals surface area contributed by atoms with Gasteiger partial charge in [-0.05, 0) is 36.5 Å². The predicted octanol–water partition coefficient (Wildman–Crippen LogP) is 3.42. The number of nitrogens with two attached hydrogens (primary N) is 1. The van der Waals surface area contributed by atoms with Crippen LogP contribution in [0.4, 0.5) is 5.69 Å². The second-order valence-corrected chi connectivity index (χ2v) is 7.44. The number of benzene rings is 1. The van der Waals surface area contributed by atoms with E-state index in [9.17, 15) is 4.79 Å². The van der Waals surface area contributed by atoms with Crippen molar-refractivity contribution in [1.82, 2.24) is 9.97 Å². The van der Waals surface area contributed by atoms with E-state index >= 15 is 0 Å². The van der Waals surface area contributed by atoms with Crippen LogP contribution in [0, 0.1) is 5.92 Å². The maximum Gasteiger partial charge on any atom is 0.275 e. The van der Waals surface area contributed by atoms with Crippen molar-refractivity contribution in [2.45, 2.75) is 32.2 Å². The number of aromatic nitrogens is 2. The molecule has 2 aromatic rings. The molecule has 1 amide bonds. The van der Waals surface area contributed by atoms with Crippen LogP contribution in [0.15, 0.2) is 47.8 Å². The van der Waals surface area contributed by atoms with Crippen molar-refractivity contribution in [2.24, 2.45) is 16.6 Å². The summed E-state index contributed by atoms with van der Waals surface area (Å²) in [5, 5.41) is 3.56. The van der Waals surface area contributed by atoms with Gasteiger partial charge in [0.15, 0.2) is 5.17 Å². The van der Waals surface area contributed by atoms with Gasteiger partial charge in [0.2, 0.25) is 0 Å². The van der Waals surface area contributed by atoms with E-state index in [4.69, 9.17) is 10.7 Å². The lowest BCUT2D eigenvalue weighted by Gasteiger charge is -2.36. The number of carbonyl (C=O) groups is 1. The summed E-state index contributed by atoms with van der Waals surface area (Å²) in [6.45, 7) is 0. The molecule has 1 aromatic carbocycles. The summed E-state index contributed by atoms with van der Waals surface area (Å²) in [6, 6.07) is 7.94. The molecule has 4 rings (SSSR count). The summed E-state index contributed by atoms with van der Waals surface area (Å²) in [5.41, 5.74) is 7.94. The van der Waals surface area contributed by atoms with Crippen LogP contribution >= 0.6 is 11.8 Å². The molecule has 0 unspecified atom stereocenters. The van der Waals surface area contributed by atoms with E-state index in [1.807, 2.05) is 18.2 Å². The molecule has 7 heteroatoms. The Morgan fingerprint density at radius 3 is 3.04 bits per heavy atom. The number of fused-ring (bicyclic) bond motifs is 1. The Balaban J connectivity index is 0.00000196. The molecule has 0 spiro atoms. The molecule has 0 saturated heterocycles. The molecule has 0 radical (unpaired) electrons. The molecule has 1 saturated carbocycles. The first-order chi connectivity index (χ1) is 12.2. The number of thioether (sulfide) groups is 1. The first kappa shape index (κ1) is 18.4. The van der Waals surface area contributed by atoms with Crippen LogP contribution in [-0.2, 0) is 5.54 Å². The summed E-state index contributed by atoms with van der Waals surface area (Å²) < 4.78 is 0. The molecular weight excluding hydrogens is 346 g/mol. The fourth-order valence-corrected chi connectivity index (χ4v) is 4.81. The first-order valence-electron chi connectivity index (χ1n) is 8.33. The summed E-state index contributed by atoms with van der Waals surface area (Å²) in [6.07, 6.45) is 7.82. The molecule has 0 bridgehead atoms. The van der Waals surface area contributed by atoms with Crippen molar-refractivity contribution in [1.29, 1.82) is 0 Å². The molecular formula is C19H23N5OS. The summed E-state index contributed by atoms with van der Waals surface area (Å²) in [5.74, 6) is 1.23. The lowest BCUT2D eigenvalue weighted by atomic mass is 9.81. The molecule has 1 aliphatic heterocycles. The number of aliphatic imine (C=N–C) groups is 1. The maximum atomic E-state index is 12.3. The Hall–Kier alpha value is -2.41. The maximum absolute atomic E-state index is 12.3. The van der Waals surface area contributed by atoms with Crippen LogP contribution in [0.3, 0.4) is 0 Å². The summed E-state index contributed by atoms with van der Waals surface area (Å²) >= 11 is 1.64. The molecule has 3 N–H and O–H groups in total. The van der Waals surface area contributed by atoms with Gasteiger partial charge in [-0.3, -0.25) is 14.8 Å². The zero-order valence-corrected chi connectivity index (χ0v) is 14.5. The van der Waals surface area contributed by atoms with Crippen LogP contribution < -0.4 is 11.1 Å². The number of nitrogens with zero attached hydrogens (tertiary/aromatic N) is 3. The summed E-state index contributed by atoms with van der Waals surface area (Å²) in [4.78, 5) is 25.1. The second-order valence-electron chi connectivity index (χ2n) is 6.40. The molecule has 2 heterocycles. The average Bonchev–Trinajstić information content (AvgIpc) is 3.07. The Morgan fingerprint density at radius 2 is 2.23 bits per heavy atom. The Bertz CT molecular complexity index is 826. The molecule has 136 valence electrons.